The normalized spacial score (nSPS) is 17.5. The summed E-state index contributed by atoms with van der Waals surface area (Å²) in [5.74, 6) is -0.0464. The third-order valence-corrected chi connectivity index (χ3v) is 8.85. The van der Waals surface area contributed by atoms with E-state index in [0.717, 1.165) is 29.4 Å². The zero-order valence-electron chi connectivity index (χ0n) is 25.7. The van der Waals surface area contributed by atoms with E-state index in [4.69, 9.17) is 4.98 Å². The number of amides is 4. The Kier molecular flexibility index (Phi) is 8.22. The fourth-order valence-electron chi connectivity index (χ4n) is 6.44. The van der Waals surface area contributed by atoms with E-state index in [1.54, 1.807) is 40.1 Å². The summed E-state index contributed by atoms with van der Waals surface area (Å²) in [4.78, 5) is 63.8. The molecule has 1 aromatic heterocycles. The molecule has 2 atom stereocenters. The molecule has 47 heavy (non-hydrogen) atoms. The van der Waals surface area contributed by atoms with Gasteiger partial charge in [0.15, 0.2) is 0 Å². The van der Waals surface area contributed by atoms with Gasteiger partial charge in [-0.25, -0.2) is 4.98 Å². The quantitative estimate of drug-likeness (QED) is 0.213. The number of anilines is 2. The minimum absolute atomic E-state index is 0.134. The van der Waals surface area contributed by atoms with Crippen LogP contribution in [-0.2, 0) is 9.59 Å². The van der Waals surface area contributed by atoms with E-state index in [2.05, 4.69) is 15.6 Å². The van der Waals surface area contributed by atoms with Crippen molar-refractivity contribution in [3.8, 4) is 11.4 Å². The molecule has 10 heteroatoms. The van der Waals surface area contributed by atoms with Gasteiger partial charge in [-0.15, -0.1) is 0 Å². The summed E-state index contributed by atoms with van der Waals surface area (Å²) in [6.07, 6.45) is 2.78. The maximum atomic E-state index is 13.3. The maximum absolute atomic E-state index is 13.3. The van der Waals surface area contributed by atoms with Gasteiger partial charge in [-0.3, -0.25) is 19.2 Å². The van der Waals surface area contributed by atoms with Gasteiger partial charge >= 0.3 is 0 Å². The molecule has 236 valence electrons. The van der Waals surface area contributed by atoms with E-state index in [-0.39, 0.29) is 23.6 Å². The average Bonchev–Trinajstić information content (AvgIpc) is 3.89. The predicted molar refractivity (Wildman–Crippen MR) is 180 cm³/mol. The minimum atomic E-state index is -0.532. The van der Waals surface area contributed by atoms with E-state index >= 15 is 0 Å². The number of nitrogens with zero attached hydrogens (tertiary/aromatic N) is 3. The third-order valence-electron chi connectivity index (χ3n) is 8.85. The van der Waals surface area contributed by atoms with Crippen LogP contribution in [0.4, 0.5) is 11.4 Å². The highest BCUT2D eigenvalue weighted by atomic mass is 16.2. The Hall–Kier alpha value is -5.77. The molecule has 2 aliphatic rings. The highest BCUT2D eigenvalue weighted by Crippen LogP contribution is 2.27. The topological polar surface area (TPSA) is 128 Å². The van der Waals surface area contributed by atoms with Crippen molar-refractivity contribution in [3.63, 3.8) is 0 Å². The smallest absolute Gasteiger partial charge is 0.254 e. The van der Waals surface area contributed by atoms with Gasteiger partial charge in [-0.2, -0.15) is 0 Å². The van der Waals surface area contributed by atoms with Crippen LogP contribution in [0.2, 0.25) is 0 Å². The van der Waals surface area contributed by atoms with Crippen molar-refractivity contribution >= 4 is 46.0 Å². The lowest BCUT2D eigenvalue weighted by Gasteiger charge is -2.24. The van der Waals surface area contributed by atoms with Gasteiger partial charge in [0.1, 0.15) is 17.9 Å². The van der Waals surface area contributed by atoms with Crippen LogP contribution in [0.15, 0.2) is 103 Å². The number of H-pyrrole nitrogens is 1. The van der Waals surface area contributed by atoms with Crippen molar-refractivity contribution in [1.82, 2.24) is 19.8 Å². The van der Waals surface area contributed by atoms with Crippen LogP contribution in [0.3, 0.4) is 0 Å². The summed E-state index contributed by atoms with van der Waals surface area (Å²) in [5.41, 5.74) is 4.71. The lowest BCUT2D eigenvalue weighted by Crippen LogP contribution is -2.43. The summed E-state index contributed by atoms with van der Waals surface area (Å²) in [6, 6.07) is 29.9. The Morgan fingerprint density at radius 2 is 1.15 bits per heavy atom. The number of imidazole rings is 1. The minimum Gasteiger partial charge on any atom is -0.338 e. The Balaban J connectivity index is 0.996. The van der Waals surface area contributed by atoms with Crippen molar-refractivity contribution in [2.24, 2.45) is 0 Å². The molecule has 4 amide bonds. The van der Waals surface area contributed by atoms with Crippen molar-refractivity contribution < 1.29 is 19.2 Å². The molecule has 4 aromatic carbocycles. The zero-order valence-corrected chi connectivity index (χ0v) is 25.7. The number of hydrogen-bond acceptors (Lipinski definition) is 5. The Morgan fingerprint density at radius 3 is 1.70 bits per heavy atom. The number of nitrogens with one attached hydrogen (secondary N) is 3. The summed E-state index contributed by atoms with van der Waals surface area (Å²) < 4.78 is 0. The van der Waals surface area contributed by atoms with Crippen molar-refractivity contribution in [1.29, 1.82) is 0 Å². The van der Waals surface area contributed by atoms with Crippen LogP contribution in [0.1, 0.15) is 46.4 Å². The molecule has 3 N–H and O–H groups in total. The molecule has 3 heterocycles. The summed E-state index contributed by atoms with van der Waals surface area (Å²) in [6.45, 7) is 1.10. The van der Waals surface area contributed by atoms with Crippen LogP contribution in [-0.4, -0.2) is 68.6 Å². The van der Waals surface area contributed by atoms with Gasteiger partial charge < -0.3 is 25.4 Å². The largest absolute Gasteiger partial charge is 0.338 e. The molecule has 0 aliphatic carbocycles. The molecule has 2 unspecified atom stereocenters. The first-order valence-electron chi connectivity index (χ1n) is 15.9. The molecular formula is C37H34N6O4. The SMILES string of the molecule is O=C(Nc1ccc(-c2nc3ccc(NC(=O)C4CCCN4C(=O)c4ccccc4)cc3[nH]2)cc1)C1CCCN1C(=O)c1ccccc1. The Bertz CT molecular complexity index is 1940. The molecule has 2 fully saturated rings. The fourth-order valence-corrected chi connectivity index (χ4v) is 6.44. The van der Waals surface area contributed by atoms with Gasteiger partial charge in [-0.05, 0) is 92.4 Å². The molecule has 0 saturated carbocycles. The van der Waals surface area contributed by atoms with E-state index in [9.17, 15) is 19.2 Å². The highest BCUT2D eigenvalue weighted by molar-refractivity contribution is 6.03. The number of hydrogen-bond donors (Lipinski definition) is 3. The van der Waals surface area contributed by atoms with Crippen molar-refractivity contribution in [2.45, 2.75) is 37.8 Å². The summed E-state index contributed by atoms with van der Waals surface area (Å²) in [7, 11) is 0. The number of fused-ring (bicyclic) bond motifs is 1. The van der Waals surface area contributed by atoms with Crippen molar-refractivity contribution in [3.05, 3.63) is 114 Å². The van der Waals surface area contributed by atoms with E-state index < -0.39 is 12.1 Å². The lowest BCUT2D eigenvalue weighted by atomic mass is 10.1. The zero-order chi connectivity index (χ0) is 32.3. The molecule has 0 bridgehead atoms. The fraction of sp³-hybridized carbons (Fsp3) is 0.216. The van der Waals surface area contributed by atoms with Crippen molar-refractivity contribution in [2.75, 3.05) is 23.7 Å². The second kappa shape index (κ2) is 12.9. The second-order valence-corrected chi connectivity index (χ2v) is 11.9. The first kappa shape index (κ1) is 29.9. The van der Waals surface area contributed by atoms with E-state index in [1.807, 2.05) is 72.8 Å². The van der Waals surface area contributed by atoms with Gasteiger partial charge in [0.05, 0.1) is 11.0 Å². The average molecular weight is 627 g/mol. The van der Waals surface area contributed by atoms with Gasteiger partial charge in [0.2, 0.25) is 11.8 Å². The van der Waals surface area contributed by atoms with Crippen LogP contribution >= 0.6 is 0 Å². The number of benzene rings is 4. The second-order valence-electron chi connectivity index (χ2n) is 11.9. The number of rotatable bonds is 7. The predicted octanol–water partition coefficient (Wildman–Crippen LogP) is 5.72. The monoisotopic (exact) mass is 626 g/mol. The molecule has 10 nitrogen and oxygen atoms in total. The lowest BCUT2D eigenvalue weighted by molar-refractivity contribution is -0.120. The number of carbonyl (C=O) groups is 4. The molecule has 0 spiro atoms. The molecule has 7 rings (SSSR count). The number of likely N-dealkylation sites (tertiary alicyclic amines) is 2. The Labute approximate surface area is 271 Å². The molecular weight excluding hydrogens is 592 g/mol. The number of carbonyl (C=O) groups excluding carboxylic acids is 4. The first-order chi connectivity index (χ1) is 22.9. The first-order valence-corrected chi connectivity index (χ1v) is 15.9. The van der Waals surface area contributed by atoms with E-state index in [0.29, 0.717) is 54.3 Å². The molecule has 5 aromatic rings. The van der Waals surface area contributed by atoms with Gasteiger partial charge in [0, 0.05) is 41.2 Å². The number of aromatic nitrogens is 2. The Morgan fingerprint density at radius 1 is 0.638 bits per heavy atom. The maximum Gasteiger partial charge on any atom is 0.254 e. The van der Waals surface area contributed by atoms with Crippen LogP contribution in [0.5, 0.6) is 0 Å². The summed E-state index contributed by atoms with van der Waals surface area (Å²) in [5, 5.41) is 5.95. The van der Waals surface area contributed by atoms with Crippen LogP contribution in [0.25, 0.3) is 22.4 Å². The van der Waals surface area contributed by atoms with Crippen LogP contribution in [0, 0.1) is 0 Å². The number of aromatic amines is 1. The van der Waals surface area contributed by atoms with Gasteiger partial charge in [0.25, 0.3) is 11.8 Å². The molecule has 0 radical (unpaired) electrons. The molecule has 2 aliphatic heterocycles. The van der Waals surface area contributed by atoms with Crippen LogP contribution < -0.4 is 10.6 Å². The standard InChI is InChI=1S/C37H34N6O4/c44-34(31-13-7-21-42(31)36(46)25-9-3-1-4-10-25)38-27-17-15-24(16-18-27)33-40-29-20-19-28(23-30(29)41-33)39-35(45)32-14-8-22-43(32)37(47)26-11-5-2-6-12-26/h1-6,9-12,15-20,23,31-32H,7-8,13-14,21-22H2,(H,38,44)(H,39,45)(H,40,41). The van der Waals surface area contributed by atoms with Gasteiger partial charge in [-0.1, -0.05) is 36.4 Å². The summed E-state index contributed by atoms with van der Waals surface area (Å²) >= 11 is 0. The third kappa shape index (κ3) is 6.22. The van der Waals surface area contributed by atoms with E-state index in [1.165, 1.54) is 0 Å². The molecule has 2 saturated heterocycles. The highest BCUT2D eigenvalue weighted by Gasteiger charge is 2.35.